The molecule has 0 radical (unpaired) electrons. The van der Waals surface area contributed by atoms with Crippen molar-refractivity contribution in [2.75, 3.05) is 12.9 Å². The van der Waals surface area contributed by atoms with E-state index in [-0.39, 0.29) is 11.5 Å². The molecule has 4 aromatic rings. The summed E-state index contributed by atoms with van der Waals surface area (Å²) in [5.74, 6) is 0.330. The molecule has 0 saturated heterocycles. The standard InChI is InChI=1S/C38H41F3N2O4S/c1-23-6-5-16-36(2)31(15-17-37(36,46)22-48-35-42-32-14-12-28(47-3)21-33(32)43-35)29-13-10-24(18-27(44)11-9-23)19-30(29)34(45)25-7-4-8-26(20-25)38(39,40)41/h4,6-8,10,12-14,19-21,27,31,44,46H,5,9,11,15-18,22H2,1-3H3,(H,42,43)/t27-,31-,36-,37+/m0/s1. The SMILES string of the molecule is COc1ccc2nc(SC[C@]3(O)CC[C@H]4c5ccc(cc5C(=O)c5cccc(C(F)(F)F)c5)C[C@@H](O)CCC(C)=CCC[C@@]43C)[nH]c2c1. The molecule has 1 saturated carbocycles. The second-order valence-electron chi connectivity index (χ2n) is 13.6. The molecule has 4 atom stereocenters. The Bertz CT molecular complexity index is 1850. The summed E-state index contributed by atoms with van der Waals surface area (Å²) >= 11 is 1.45. The number of benzene rings is 3. The zero-order valence-corrected chi connectivity index (χ0v) is 28.2. The Kier molecular flexibility index (Phi) is 9.54. The van der Waals surface area contributed by atoms with Gasteiger partial charge in [0.05, 0.1) is 35.4 Å². The highest BCUT2D eigenvalue weighted by atomic mass is 32.2. The van der Waals surface area contributed by atoms with E-state index < -0.39 is 34.6 Å². The molecule has 10 heteroatoms. The lowest BCUT2D eigenvalue weighted by molar-refractivity contribution is -0.137. The minimum Gasteiger partial charge on any atom is -0.497 e. The molecule has 0 unspecified atom stereocenters. The zero-order valence-electron chi connectivity index (χ0n) is 27.4. The van der Waals surface area contributed by atoms with E-state index in [9.17, 15) is 28.2 Å². The van der Waals surface area contributed by atoms with Crippen molar-refractivity contribution < 1.29 is 32.9 Å². The number of aliphatic hydroxyl groups excluding tert-OH is 1. The molecule has 2 bridgehead atoms. The van der Waals surface area contributed by atoms with Crippen LogP contribution < -0.4 is 4.74 Å². The van der Waals surface area contributed by atoms with Crippen molar-refractivity contribution in [1.82, 2.24) is 9.97 Å². The predicted molar refractivity (Wildman–Crippen MR) is 182 cm³/mol. The van der Waals surface area contributed by atoms with Gasteiger partial charge in [0.2, 0.25) is 0 Å². The molecule has 0 spiro atoms. The molecule has 6 nitrogen and oxygen atoms in total. The fraction of sp³-hybridized carbons (Fsp3) is 0.421. The molecule has 1 aromatic heterocycles. The van der Waals surface area contributed by atoms with E-state index in [1.165, 1.54) is 29.5 Å². The Morgan fingerprint density at radius 1 is 1.10 bits per heavy atom. The number of allylic oxidation sites excluding steroid dienone is 2. The highest BCUT2D eigenvalue weighted by Crippen LogP contribution is 2.59. The van der Waals surface area contributed by atoms with E-state index in [2.05, 4.69) is 24.9 Å². The van der Waals surface area contributed by atoms with E-state index >= 15 is 0 Å². The van der Waals surface area contributed by atoms with Crippen LogP contribution in [0.1, 0.15) is 90.9 Å². The van der Waals surface area contributed by atoms with Crippen LogP contribution in [-0.4, -0.2) is 50.5 Å². The number of aliphatic hydroxyl groups is 2. The van der Waals surface area contributed by atoms with Gasteiger partial charge in [0.15, 0.2) is 10.9 Å². The highest BCUT2D eigenvalue weighted by molar-refractivity contribution is 7.99. The molecule has 3 N–H and O–H groups in total. The summed E-state index contributed by atoms with van der Waals surface area (Å²) in [6.45, 7) is 4.14. The first-order chi connectivity index (χ1) is 22.8. The number of halogens is 3. The first kappa shape index (κ1) is 34.3. The average molecular weight is 679 g/mol. The lowest BCUT2D eigenvalue weighted by atomic mass is 9.65. The van der Waals surface area contributed by atoms with E-state index in [0.29, 0.717) is 72.7 Å². The number of imidazole rings is 1. The summed E-state index contributed by atoms with van der Waals surface area (Å²) in [6.07, 6.45) is 0.946. The molecule has 0 aliphatic heterocycles. The van der Waals surface area contributed by atoms with Crippen LogP contribution in [-0.2, 0) is 12.6 Å². The minimum absolute atomic E-state index is 0.0459. The van der Waals surface area contributed by atoms with Crippen molar-refractivity contribution in [3.63, 3.8) is 0 Å². The first-order valence-electron chi connectivity index (χ1n) is 16.4. The van der Waals surface area contributed by atoms with Crippen LogP contribution in [0.2, 0.25) is 0 Å². The number of methoxy groups -OCH3 is 1. The van der Waals surface area contributed by atoms with Crippen molar-refractivity contribution >= 4 is 28.6 Å². The second kappa shape index (κ2) is 13.4. The number of ether oxygens (including phenoxy) is 1. The number of hydrogen-bond donors (Lipinski definition) is 3. The normalized spacial score (nSPS) is 25.0. The predicted octanol–water partition coefficient (Wildman–Crippen LogP) is 8.65. The number of hydrogen-bond acceptors (Lipinski definition) is 6. The number of alkyl halides is 3. The average Bonchev–Trinajstić information content (AvgIpc) is 3.59. The van der Waals surface area contributed by atoms with Crippen molar-refractivity contribution in [3.05, 3.63) is 100 Å². The lowest BCUT2D eigenvalue weighted by Gasteiger charge is -2.44. The van der Waals surface area contributed by atoms with Crippen LogP contribution in [0.4, 0.5) is 13.2 Å². The van der Waals surface area contributed by atoms with Crippen LogP contribution in [0.25, 0.3) is 11.0 Å². The third kappa shape index (κ3) is 6.80. The summed E-state index contributed by atoms with van der Waals surface area (Å²) in [7, 11) is 1.61. The maximum Gasteiger partial charge on any atom is 0.416 e. The Labute approximate surface area is 282 Å². The fourth-order valence-electron chi connectivity index (χ4n) is 7.51. The molecular formula is C38H41F3N2O4S. The van der Waals surface area contributed by atoms with Crippen molar-refractivity contribution in [1.29, 1.82) is 0 Å². The number of aromatic nitrogens is 2. The fourth-order valence-corrected chi connectivity index (χ4v) is 8.71. The quantitative estimate of drug-likeness (QED) is 0.107. The molecule has 1 heterocycles. The Hall–Kier alpha value is -3.60. The summed E-state index contributed by atoms with van der Waals surface area (Å²) < 4.78 is 46.3. The second-order valence-corrected chi connectivity index (χ2v) is 14.5. The summed E-state index contributed by atoms with van der Waals surface area (Å²) in [6, 6.07) is 15.7. The summed E-state index contributed by atoms with van der Waals surface area (Å²) in [4.78, 5) is 22.2. The van der Waals surface area contributed by atoms with E-state index in [4.69, 9.17) is 9.72 Å². The molecule has 254 valence electrons. The number of ketones is 1. The summed E-state index contributed by atoms with van der Waals surface area (Å²) in [5.41, 5.74) is 1.84. The number of aromatic amines is 1. The van der Waals surface area contributed by atoms with Gasteiger partial charge in [0.1, 0.15) is 5.75 Å². The number of carbonyl (C=O) groups excluding carboxylic acids is 1. The van der Waals surface area contributed by atoms with Crippen molar-refractivity contribution in [2.45, 2.75) is 87.7 Å². The Morgan fingerprint density at radius 3 is 2.69 bits per heavy atom. The van der Waals surface area contributed by atoms with Gasteiger partial charge in [-0.2, -0.15) is 13.2 Å². The molecule has 3 aliphatic carbocycles. The first-order valence-corrected chi connectivity index (χ1v) is 17.4. The van der Waals surface area contributed by atoms with Crippen LogP contribution >= 0.6 is 11.8 Å². The van der Waals surface area contributed by atoms with Gasteiger partial charge in [-0.15, -0.1) is 0 Å². The van der Waals surface area contributed by atoms with Gasteiger partial charge in [-0.1, -0.05) is 54.6 Å². The molecule has 3 aromatic carbocycles. The Morgan fingerprint density at radius 2 is 1.92 bits per heavy atom. The highest BCUT2D eigenvalue weighted by Gasteiger charge is 2.56. The molecule has 7 rings (SSSR count). The monoisotopic (exact) mass is 678 g/mol. The molecule has 1 fully saturated rings. The largest absolute Gasteiger partial charge is 0.497 e. The van der Waals surface area contributed by atoms with Gasteiger partial charge in [0, 0.05) is 28.4 Å². The number of thioether (sulfide) groups is 1. The number of nitrogens with zero attached hydrogens (tertiary/aromatic N) is 1. The van der Waals surface area contributed by atoms with Crippen molar-refractivity contribution in [3.8, 4) is 5.75 Å². The van der Waals surface area contributed by atoms with Crippen LogP contribution in [0, 0.1) is 5.41 Å². The lowest BCUT2D eigenvalue weighted by Crippen LogP contribution is -2.46. The van der Waals surface area contributed by atoms with Crippen LogP contribution in [0.3, 0.4) is 0 Å². The topological polar surface area (TPSA) is 95.4 Å². The van der Waals surface area contributed by atoms with Gasteiger partial charge in [0.25, 0.3) is 0 Å². The number of nitrogens with one attached hydrogen (secondary N) is 1. The number of H-pyrrole nitrogens is 1. The Balaban J connectivity index is 1.40. The zero-order chi connectivity index (χ0) is 34.3. The van der Waals surface area contributed by atoms with Gasteiger partial charge >= 0.3 is 6.18 Å². The van der Waals surface area contributed by atoms with E-state index in [0.717, 1.165) is 28.7 Å². The molecule has 3 aliphatic rings. The molecular weight excluding hydrogens is 637 g/mol. The van der Waals surface area contributed by atoms with E-state index in [1.54, 1.807) is 13.2 Å². The number of rotatable bonds is 6. The van der Waals surface area contributed by atoms with Gasteiger partial charge in [-0.25, -0.2) is 4.98 Å². The smallest absolute Gasteiger partial charge is 0.416 e. The third-order valence-corrected chi connectivity index (χ3v) is 11.6. The van der Waals surface area contributed by atoms with Crippen LogP contribution in [0.15, 0.2) is 77.5 Å². The van der Waals surface area contributed by atoms with Gasteiger partial charge in [-0.05, 0) is 99.2 Å². The van der Waals surface area contributed by atoms with Crippen LogP contribution in [0.5, 0.6) is 5.75 Å². The summed E-state index contributed by atoms with van der Waals surface area (Å²) in [5, 5.41) is 24.1. The molecule has 0 amide bonds. The van der Waals surface area contributed by atoms with E-state index in [1.807, 2.05) is 30.3 Å². The number of carbonyl (C=O) groups is 1. The maximum atomic E-state index is 14.2. The number of fused-ring (bicyclic) bond motifs is 9. The van der Waals surface area contributed by atoms with Crippen molar-refractivity contribution in [2.24, 2.45) is 5.41 Å². The molecule has 48 heavy (non-hydrogen) atoms. The third-order valence-electron chi connectivity index (χ3n) is 10.5. The minimum atomic E-state index is -4.59. The van der Waals surface area contributed by atoms with Gasteiger partial charge < -0.3 is 19.9 Å². The van der Waals surface area contributed by atoms with Gasteiger partial charge in [-0.3, -0.25) is 4.79 Å². The maximum absolute atomic E-state index is 14.2.